The van der Waals surface area contributed by atoms with Crippen molar-refractivity contribution < 1.29 is 4.74 Å². The summed E-state index contributed by atoms with van der Waals surface area (Å²) < 4.78 is 6.75. The fourth-order valence-electron chi connectivity index (χ4n) is 7.29. The molecule has 0 spiro atoms. The van der Waals surface area contributed by atoms with Crippen LogP contribution in [0.5, 0.6) is 0 Å². The number of hydrogen-bond donors (Lipinski definition) is 0. The van der Waals surface area contributed by atoms with Crippen LogP contribution in [0.15, 0.2) is 60.2 Å². The van der Waals surface area contributed by atoms with Crippen LogP contribution < -0.4 is 0 Å². The highest BCUT2D eigenvalue weighted by molar-refractivity contribution is 5.73. The summed E-state index contributed by atoms with van der Waals surface area (Å²) in [5.74, 6) is 2.61. The van der Waals surface area contributed by atoms with Crippen LogP contribution in [-0.4, -0.2) is 11.2 Å². The summed E-state index contributed by atoms with van der Waals surface area (Å²) in [4.78, 5) is 0. The number of epoxide rings is 1. The molecule has 6 atom stereocenters. The van der Waals surface area contributed by atoms with Gasteiger partial charge in [0.2, 0.25) is 0 Å². The number of hydrogen-bond acceptors (Lipinski definition) is 1. The van der Waals surface area contributed by atoms with E-state index in [9.17, 15) is 0 Å². The van der Waals surface area contributed by atoms with Crippen molar-refractivity contribution in [2.75, 3.05) is 0 Å². The Labute approximate surface area is 142 Å². The van der Waals surface area contributed by atoms with Crippen molar-refractivity contribution in [1.82, 2.24) is 0 Å². The Balaban J connectivity index is 1.50. The molecule has 6 unspecified atom stereocenters. The van der Waals surface area contributed by atoms with E-state index >= 15 is 0 Å². The zero-order valence-corrected chi connectivity index (χ0v) is 13.6. The molecule has 0 aromatic heterocycles. The molecular formula is C23H20O. The van der Waals surface area contributed by atoms with E-state index in [4.69, 9.17) is 4.74 Å². The van der Waals surface area contributed by atoms with Crippen molar-refractivity contribution in [3.63, 3.8) is 0 Å². The molecule has 1 heterocycles. The monoisotopic (exact) mass is 312 g/mol. The standard InChI is InChI=1S/C23H20O/c1-2-6-14(7-3-1)12-19-20-17-8-4-5-9-18(17)21(19)23-16-11-10-15(13-16)22(20,23)24-23/h1-9,12,15-16,20-21H,10-11,13H2. The molecule has 24 heavy (non-hydrogen) atoms. The van der Waals surface area contributed by atoms with Crippen molar-refractivity contribution in [2.45, 2.75) is 42.3 Å². The average molecular weight is 312 g/mol. The molecule has 4 aliphatic carbocycles. The smallest absolute Gasteiger partial charge is 0.113 e. The van der Waals surface area contributed by atoms with Crippen LogP contribution in [0.2, 0.25) is 0 Å². The Hall–Kier alpha value is -1.86. The third-order valence-corrected chi connectivity index (χ3v) is 7.83. The second-order valence-corrected chi connectivity index (χ2v) is 8.45. The second kappa shape index (κ2) is 3.70. The van der Waals surface area contributed by atoms with E-state index < -0.39 is 0 Å². The molecule has 1 nitrogen and oxygen atoms in total. The molecule has 118 valence electrons. The van der Waals surface area contributed by atoms with Gasteiger partial charge in [0.15, 0.2) is 0 Å². The molecule has 0 N–H and O–H groups in total. The molecule has 2 aromatic carbocycles. The maximum atomic E-state index is 6.75. The van der Waals surface area contributed by atoms with Gasteiger partial charge in [-0.1, -0.05) is 60.7 Å². The molecule has 2 aromatic rings. The molecule has 5 aliphatic rings. The summed E-state index contributed by atoms with van der Waals surface area (Å²) >= 11 is 0. The molecule has 1 saturated heterocycles. The first kappa shape index (κ1) is 12.5. The summed E-state index contributed by atoms with van der Waals surface area (Å²) in [6.07, 6.45) is 6.67. The minimum atomic E-state index is 0.162. The fourth-order valence-corrected chi connectivity index (χ4v) is 7.29. The Morgan fingerprint density at radius 2 is 1.38 bits per heavy atom. The zero-order valence-electron chi connectivity index (χ0n) is 13.6. The van der Waals surface area contributed by atoms with Gasteiger partial charge in [-0.3, -0.25) is 0 Å². The van der Waals surface area contributed by atoms with Gasteiger partial charge < -0.3 is 4.74 Å². The van der Waals surface area contributed by atoms with E-state index in [1.807, 2.05) is 0 Å². The van der Waals surface area contributed by atoms with Crippen LogP contribution in [0.4, 0.5) is 0 Å². The summed E-state index contributed by atoms with van der Waals surface area (Å²) in [5, 5.41) is 0. The van der Waals surface area contributed by atoms with Crippen LogP contribution in [0.3, 0.4) is 0 Å². The lowest BCUT2D eigenvalue weighted by molar-refractivity contribution is 0.134. The highest BCUT2D eigenvalue weighted by Crippen LogP contribution is 2.88. The van der Waals surface area contributed by atoms with Crippen LogP contribution in [-0.2, 0) is 4.74 Å². The first-order chi connectivity index (χ1) is 11.9. The lowest BCUT2D eigenvalue weighted by atomic mass is 9.69. The van der Waals surface area contributed by atoms with Crippen molar-refractivity contribution in [2.24, 2.45) is 11.8 Å². The summed E-state index contributed by atoms with van der Waals surface area (Å²) in [6, 6.07) is 20.0. The van der Waals surface area contributed by atoms with Crippen molar-refractivity contribution >= 4 is 6.08 Å². The normalized spacial score (nSPS) is 45.1. The molecule has 1 heteroatoms. The van der Waals surface area contributed by atoms with E-state index in [2.05, 4.69) is 60.7 Å². The molecular weight excluding hydrogens is 292 g/mol. The van der Waals surface area contributed by atoms with Crippen LogP contribution in [0.25, 0.3) is 6.08 Å². The second-order valence-electron chi connectivity index (χ2n) is 8.45. The zero-order chi connectivity index (χ0) is 15.5. The molecule has 3 saturated carbocycles. The Kier molecular flexibility index (Phi) is 1.93. The van der Waals surface area contributed by atoms with Crippen LogP contribution in [0.1, 0.15) is 47.8 Å². The lowest BCUT2D eigenvalue weighted by Crippen LogP contribution is -2.36. The van der Waals surface area contributed by atoms with E-state index in [0.29, 0.717) is 11.8 Å². The number of ether oxygens (including phenoxy) is 1. The Bertz CT molecular complexity index is 862. The first-order valence-corrected chi connectivity index (χ1v) is 9.42. The van der Waals surface area contributed by atoms with E-state index in [1.54, 1.807) is 16.7 Å². The molecule has 4 bridgehead atoms. The average Bonchev–Trinajstić information content (AvgIpc) is 2.94. The third kappa shape index (κ3) is 1.07. The first-order valence-electron chi connectivity index (χ1n) is 9.42. The van der Waals surface area contributed by atoms with Crippen LogP contribution >= 0.6 is 0 Å². The molecule has 0 amide bonds. The van der Waals surface area contributed by atoms with E-state index in [0.717, 1.165) is 11.8 Å². The molecule has 1 aliphatic heterocycles. The SMILES string of the molecule is C(=C1C2c3ccccc3C1C13OC21C1CCC3C1)c1ccccc1. The molecule has 7 rings (SSSR count). The maximum absolute atomic E-state index is 6.75. The van der Waals surface area contributed by atoms with Crippen LogP contribution in [0, 0.1) is 11.8 Å². The summed E-state index contributed by atoms with van der Waals surface area (Å²) in [6.45, 7) is 0. The van der Waals surface area contributed by atoms with Gasteiger partial charge in [0.25, 0.3) is 0 Å². The minimum absolute atomic E-state index is 0.162. The number of fused-ring (bicyclic) bond motifs is 7. The largest absolute Gasteiger partial charge is 0.360 e. The van der Waals surface area contributed by atoms with Gasteiger partial charge in [-0.05, 0) is 53.4 Å². The van der Waals surface area contributed by atoms with Gasteiger partial charge in [-0.2, -0.15) is 0 Å². The van der Waals surface area contributed by atoms with Gasteiger partial charge in [-0.25, -0.2) is 0 Å². The predicted molar refractivity (Wildman–Crippen MR) is 93.7 cm³/mol. The maximum Gasteiger partial charge on any atom is 0.113 e. The third-order valence-electron chi connectivity index (χ3n) is 7.83. The Morgan fingerprint density at radius 3 is 2.00 bits per heavy atom. The van der Waals surface area contributed by atoms with Gasteiger partial charge in [-0.15, -0.1) is 0 Å². The van der Waals surface area contributed by atoms with E-state index in [-0.39, 0.29) is 11.2 Å². The molecule has 4 fully saturated rings. The van der Waals surface area contributed by atoms with Gasteiger partial charge in [0.1, 0.15) is 11.2 Å². The van der Waals surface area contributed by atoms with Gasteiger partial charge in [0.05, 0.1) is 0 Å². The highest BCUT2D eigenvalue weighted by Gasteiger charge is 2.92. The minimum Gasteiger partial charge on any atom is -0.360 e. The topological polar surface area (TPSA) is 12.5 Å². The number of benzene rings is 2. The molecule has 0 radical (unpaired) electrons. The highest BCUT2D eigenvalue weighted by atomic mass is 16.6. The fraction of sp³-hybridized carbons (Fsp3) is 0.391. The van der Waals surface area contributed by atoms with Crippen molar-refractivity contribution in [3.8, 4) is 0 Å². The number of rotatable bonds is 1. The van der Waals surface area contributed by atoms with E-state index in [1.165, 1.54) is 24.8 Å². The summed E-state index contributed by atoms with van der Waals surface area (Å²) in [7, 11) is 0. The quantitative estimate of drug-likeness (QED) is 0.682. The van der Waals surface area contributed by atoms with Gasteiger partial charge in [0, 0.05) is 11.8 Å². The lowest BCUT2D eigenvalue weighted by Gasteiger charge is -2.29. The van der Waals surface area contributed by atoms with Crippen molar-refractivity contribution in [3.05, 3.63) is 76.9 Å². The predicted octanol–water partition coefficient (Wildman–Crippen LogP) is 4.90. The van der Waals surface area contributed by atoms with Gasteiger partial charge >= 0.3 is 0 Å². The summed E-state index contributed by atoms with van der Waals surface area (Å²) in [5.41, 5.74) is 6.43. The Morgan fingerprint density at radius 1 is 0.792 bits per heavy atom. The van der Waals surface area contributed by atoms with Crippen molar-refractivity contribution in [1.29, 1.82) is 0 Å².